The maximum absolute atomic E-state index is 13.1. The second-order valence-electron chi connectivity index (χ2n) is 8.22. The van der Waals surface area contributed by atoms with E-state index in [2.05, 4.69) is 16.0 Å². The Morgan fingerprint density at radius 2 is 2.00 bits per heavy atom. The van der Waals surface area contributed by atoms with E-state index < -0.39 is 17.8 Å². The Labute approximate surface area is 184 Å². The summed E-state index contributed by atoms with van der Waals surface area (Å²) in [6, 6.07) is 2.43. The van der Waals surface area contributed by atoms with Crippen LogP contribution in [0.4, 0.5) is 23.7 Å². The number of nitrogens with one attached hydrogen (secondary N) is 3. The minimum Gasteiger partial charge on any atom is -0.372 e. The molecule has 2 atom stereocenters. The number of likely N-dealkylation sites (tertiary alicyclic amines) is 1. The van der Waals surface area contributed by atoms with Gasteiger partial charge in [0.05, 0.1) is 16.3 Å². The Balaban J connectivity index is 1.58. The Hall–Kier alpha value is -2.16. The van der Waals surface area contributed by atoms with Crippen LogP contribution in [0.25, 0.3) is 0 Å². The maximum Gasteiger partial charge on any atom is 0.416 e. The number of nitrogens with zero attached hydrogens (tertiary/aromatic N) is 1. The molecule has 3 rings (SSSR count). The highest BCUT2D eigenvalue weighted by Crippen LogP contribution is 2.34. The molecule has 0 aromatic heterocycles. The normalized spacial score (nSPS) is 20.2. The number of benzene rings is 1. The molecule has 172 valence electrons. The molecule has 0 spiro atoms. The van der Waals surface area contributed by atoms with Gasteiger partial charge >= 0.3 is 12.2 Å². The predicted octanol–water partition coefficient (Wildman–Crippen LogP) is 4.25. The first-order chi connectivity index (χ1) is 14.7. The molecule has 1 aliphatic carbocycles. The van der Waals surface area contributed by atoms with Gasteiger partial charge < -0.3 is 20.9 Å². The molecule has 0 bridgehead atoms. The van der Waals surface area contributed by atoms with E-state index in [1.165, 1.54) is 6.07 Å². The van der Waals surface area contributed by atoms with Crippen LogP contribution in [0.5, 0.6) is 0 Å². The average Bonchev–Trinajstić information content (AvgIpc) is 3.54. The highest BCUT2D eigenvalue weighted by atomic mass is 35.5. The lowest BCUT2D eigenvalue weighted by Gasteiger charge is -2.35. The lowest BCUT2D eigenvalue weighted by molar-refractivity contribution is -0.137. The summed E-state index contributed by atoms with van der Waals surface area (Å²) in [4.78, 5) is 26.6. The second-order valence-corrected chi connectivity index (χ2v) is 8.63. The highest BCUT2D eigenvalue weighted by Gasteiger charge is 2.32. The van der Waals surface area contributed by atoms with Gasteiger partial charge in [0.2, 0.25) is 5.91 Å². The lowest BCUT2D eigenvalue weighted by atomic mass is 9.97. The van der Waals surface area contributed by atoms with Gasteiger partial charge in [-0.25, -0.2) is 4.79 Å². The standard InChI is InChI=1S/C21H28ClF3N4O2/c1-2-17(28-18-10-14(21(23,24)25)5-8-16(18)22)19(30)29-9-3-4-13(12-29)11-26-20(31)27-15-6-7-15/h5,8,10,13,15,17,28H,2-4,6-7,9,11-12H2,1H3,(H2,26,27,31)/t13-,17?/m0/s1. The smallest absolute Gasteiger partial charge is 0.372 e. The number of urea groups is 1. The van der Waals surface area contributed by atoms with Gasteiger partial charge in [-0.2, -0.15) is 13.2 Å². The van der Waals surface area contributed by atoms with Crippen LogP contribution in [-0.2, 0) is 11.0 Å². The van der Waals surface area contributed by atoms with Gasteiger partial charge in [-0.05, 0) is 56.2 Å². The summed E-state index contributed by atoms with van der Waals surface area (Å²) in [5, 5.41) is 8.76. The third-order valence-corrected chi connectivity index (χ3v) is 5.95. The van der Waals surface area contributed by atoms with Gasteiger partial charge in [0.1, 0.15) is 6.04 Å². The quantitative estimate of drug-likeness (QED) is 0.569. The molecule has 3 N–H and O–H groups in total. The fraction of sp³-hybridized carbons (Fsp3) is 0.619. The fourth-order valence-electron chi connectivity index (χ4n) is 3.69. The zero-order valence-electron chi connectivity index (χ0n) is 17.4. The van der Waals surface area contributed by atoms with Crippen molar-refractivity contribution in [3.8, 4) is 0 Å². The topological polar surface area (TPSA) is 73.5 Å². The number of hydrogen-bond donors (Lipinski definition) is 3. The van der Waals surface area contributed by atoms with E-state index in [-0.39, 0.29) is 34.6 Å². The van der Waals surface area contributed by atoms with Crippen LogP contribution >= 0.6 is 11.6 Å². The molecule has 1 heterocycles. The van der Waals surface area contributed by atoms with E-state index in [0.29, 0.717) is 26.1 Å². The second kappa shape index (κ2) is 9.97. The van der Waals surface area contributed by atoms with Gasteiger partial charge in [0, 0.05) is 25.7 Å². The van der Waals surface area contributed by atoms with Gasteiger partial charge in [0.15, 0.2) is 0 Å². The third-order valence-electron chi connectivity index (χ3n) is 5.62. The number of hydrogen-bond acceptors (Lipinski definition) is 3. The zero-order valence-corrected chi connectivity index (χ0v) is 18.2. The molecular formula is C21H28ClF3N4O2. The molecule has 1 aliphatic heterocycles. The molecule has 31 heavy (non-hydrogen) atoms. The fourth-order valence-corrected chi connectivity index (χ4v) is 3.86. The van der Waals surface area contributed by atoms with Crippen molar-refractivity contribution in [1.29, 1.82) is 0 Å². The molecular weight excluding hydrogens is 433 g/mol. The average molecular weight is 461 g/mol. The Kier molecular flexibility index (Phi) is 7.56. The van der Waals surface area contributed by atoms with Crippen molar-refractivity contribution in [1.82, 2.24) is 15.5 Å². The molecule has 0 radical (unpaired) electrons. The van der Waals surface area contributed by atoms with Crippen LogP contribution in [0.3, 0.4) is 0 Å². The molecule has 2 aliphatic rings. The molecule has 2 fully saturated rings. The number of carbonyl (C=O) groups is 2. The van der Waals surface area contributed by atoms with Gasteiger partial charge in [-0.3, -0.25) is 4.79 Å². The summed E-state index contributed by atoms with van der Waals surface area (Å²) >= 11 is 6.07. The number of amides is 3. The molecule has 1 aromatic carbocycles. The van der Waals surface area contributed by atoms with Crippen molar-refractivity contribution >= 4 is 29.2 Å². The van der Waals surface area contributed by atoms with Crippen LogP contribution in [0, 0.1) is 5.92 Å². The van der Waals surface area contributed by atoms with Crippen molar-refractivity contribution in [2.45, 2.75) is 57.3 Å². The van der Waals surface area contributed by atoms with Gasteiger partial charge in [0.25, 0.3) is 0 Å². The van der Waals surface area contributed by atoms with E-state index in [4.69, 9.17) is 11.6 Å². The molecule has 1 saturated carbocycles. The summed E-state index contributed by atoms with van der Waals surface area (Å²) in [5.41, 5.74) is -0.737. The first-order valence-corrected chi connectivity index (χ1v) is 11.0. The van der Waals surface area contributed by atoms with Crippen molar-refractivity contribution in [3.63, 3.8) is 0 Å². The first-order valence-electron chi connectivity index (χ1n) is 10.6. The lowest BCUT2D eigenvalue weighted by Crippen LogP contribution is -2.49. The molecule has 1 unspecified atom stereocenters. The summed E-state index contributed by atoms with van der Waals surface area (Å²) in [7, 11) is 0. The molecule has 10 heteroatoms. The van der Waals surface area contributed by atoms with E-state index in [1.54, 1.807) is 11.8 Å². The van der Waals surface area contributed by atoms with Crippen molar-refractivity contribution in [2.24, 2.45) is 5.92 Å². The largest absolute Gasteiger partial charge is 0.416 e. The van der Waals surface area contributed by atoms with Crippen molar-refractivity contribution in [3.05, 3.63) is 28.8 Å². The number of anilines is 1. The minimum absolute atomic E-state index is 0.0867. The predicted molar refractivity (Wildman–Crippen MR) is 113 cm³/mol. The van der Waals surface area contributed by atoms with Crippen LogP contribution in [0.1, 0.15) is 44.6 Å². The molecule has 1 saturated heterocycles. The number of piperidine rings is 1. The van der Waals surface area contributed by atoms with E-state index in [1.807, 2.05) is 0 Å². The van der Waals surface area contributed by atoms with Crippen LogP contribution < -0.4 is 16.0 Å². The highest BCUT2D eigenvalue weighted by molar-refractivity contribution is 6.33. The van der Waals surface area contributed by atoms with Crippen LogP contribution in [0.2, 0.25) is 5.02 Å². The third kappa shape index (κ3) is 6.66. The molecule has 3 amide bonds. The summed E-state index contributed by atoms with van der Waals surface area (Å²) in [5.74, 6) is -0.0413. The maximum atomic E-state index is 13.1. The Morgan fingerprint density at radius 1 is 1.26 bits per heavy atom. The first kappa shape index (κ1) is 23.5. The van der Waals surface area contributed by atoms with Crippen molar-refractivity contribution < 1.29 is 22.8 Å². The number of carbonyl (C=O) groups excluding carboxylic acids is 2. The molecule has 1 aromatic rings. The Bertz CT molecular complexity index is 801. The molecule has 6 nitrogen and oxygen atoms in total. The number of rotatable bonds is 7. The van der Waals surface area contributed by atoms with Crippen LogP contribution in [-0.4, -0.2) is 48.6 Å². The monoisotopic (exact) mass is 460 g/mol. The summed E-state index contributed by atoms with van der Waals surface area (Å²) in [6.07, 6.45) is -0.360. The number of halogens is 4. The Morgan fingerprint density at radius 3 is 2.65 bits per heavy atom. The van der Waals surface area contributed by atoms with E-state index in [9.17, 15) is 22.8 Å². The van der Waals surface area contributed by atoms with Gasteiger partial charge in [-0.1, -0.05) is 18.5 Å². The van der Waals surface area contributed by atoms with E-state index in [0.717, 1.165) is 37.8 Å². The van der Waals surface area contributed by atoms with Crippen molar-refractivity contribution in [2.75, 3.05) is 25.0 Å². The van der Waals surface area contributed by atoms with Crippen LogP contribution in [0.15, 0.2) is 18.2 Å². The summed E-state index contributed by atoms with van der Waals surface area (Å²) in [6.45, 7) is 3.35. The minimum atomic E-state index is -4.49. The van der Waals surface area contributed by atoms with E-state index >= 15 is 0 Å². The zero-order chi connectivity index (χ0) is 22.6. The number of alkyl halides is 3. The summed E-state index contributed by atoms with van der Waals surface area (Å²) < 4.78 is 39.1. The SMILES string of the molecule is CCC(Nc1cc(C(F)(F)F)ccc1Cl)C(=O)N1CCC[C@@H](CNC(=O)NC2CC2)C1. The van der Waals surface area contributed by atoms with Gasteiger partial charge in [-0.15, -0.1) is 0 Å².